The smallest absolute Gasteiger partial charge is 0.185 e. The zero-order valence-corrected chi connectivity index (χ0v) is 12.4. The Bertz CT molecular complexity index is 691. The van der Waals surface area contributed by atoms with Gasteiger partial charge in [-0.15, -0.1) is 11.3 Å². The van der Waals surface area contributed by atoms with Gasteiger partial charge in [0.05, 0.1) is 0 Å². The third kappa shape index (κ3) is 3.31. The first-order chi connectivity index (χ1) is 10.2. The molecule has 0 saturated heterocycles. The molecule has 21 heavy (non-hydrogen) atoms. The van der Waals surface area contributed by atoms with Crippen LogP contribution in [0.3, 0.4) is 0 Å². The second-order valence-electron chi connectivity index (χ2n) is 5.13. The van der Waals surface area contributed by atoms with Gasteiger partial charge in [0.1, 0.15) is 5.75 Å². The van der Waals surface area contributed by atoms with Crippen molar-refractivity contribution < 1.29 is 9.90 Å². The van der Waals surface area contributed by atoms with Crippen LogP contribution < -0.4 is 0 Å². The zero-order valence-electron chi connectivity index (χ0n) is 11.6. The molecule has 1 fully saturated rings. The quantitative estimate of drug-likeness (QED) is 0.817. The number of ketones is 1. The monoisotopic (exact) mass is 296 g/mol. The second kappa shape index (κ2) is 6.10. The number of thiophene rings is 1. The lowest BCUT2D eigenvalue weighted by molar-refractivity contribution is -0.112. The number of allylic oxidation sites excluding steroid dienone is 2. The van der Waals surface area contributed by atoms with Gasteiger partial charge in [0.25, 0.3) is 0 Å². The number of Topliss-reactive ketones (excluding diaryl/α,β-unsaturated/α-hetero) is 1. The molecular formula is C18H16O2S. The van der Waals surface area contributed by atoms with Gasteiger partial charge in [0.15, 0.2) is 5.78 Å². The van der Waals surface area contributed by atoms with Crippen molar-refractivity contribution >= 4 is 29.3 Å². The van der Waals surface area contributed by atoms with E-state index in [0.717, 1.165) is 40.8 Å². The molecule has 1 aromatic carbocycles. The topological polar surface area (TPSA) is 37.3 Å². The van der Waals surface area contributed by atoms with Gasteiger partial charge in [-0.2, -0.15) is 0 Å². The van der Waals surface area contributed by atoms with Gasteiger partial charge in [-0.3, -0.25) is 4.79 Å². The average Bonchev–Trinajstić information content (AvgIpc) is 2.99. The molecule has 2 aromatic rings. The summed E-state index contributed by atoms with van der Waals surface area (Å²) in [5, 5.41) is 11.3. The number of rotatable bonds is 2. The van der Waals surface area contributed by atoms with Crippen LogP contribution in [-0.2, 0) is 4.79 Å². The molecule has 0 bridgehead atoms. The molecule has 2 nitrogen and oxygen atoms in total. The molecule has 0 spiro atoms. The van der Waals surface area contributed by atoms with Crippen LogP contribution in [-0.4, -0.2) is 10.9 Å². The van der Waals surface area contributed by atoms with Crippen molar-refractivity contribution in [2.24, 2.45) is 0 Å². The van der Waals surface area contributed by atoms with Gasteiger partial charge in [0.2, 0.25) is 0 Å². The van der Waals surface area contributed by atoms with Crippen molar-refractivity contribution in [1.29, 1.82) is 0 Å². The van der Waals surface area contributed by atoms with Gasteiger partial charge < -0.3 is 5.11 Å². The highest BCUT2D eigenvalue weighted by Crippen LogP contribution is 2.29. The van der Waals surface area contributed by atoms with E-state index in [1.807, 2.05) is 41.8 Å². The number of carbonyl (C=O) groups is 1. The fourth-order valence-electron chi connectivity index (χ4n) is 2.49. The number of hydrogen-bond donors (Lipinski definition) is 1. The number of benzene rings is 1. The van der Waals surface area contributed by atoms with E-state index in [2.05, 4.69) is 0 Å². The molecule has 1 heterocycles. The van der Waals surface area contributed by atoms with Gasteiger partial charge >= 0.3 is 0 Å². The summed E-state index contributed by atoms with van der Waals surface area (Å²) in [4.78, 5) is 13.7. The minimum absolute atomic E-state index is 0.155. The van der Waals surface area contributed by atoms with E-state index in [1.54, 1.807) is 23.5 Å². The summed E-state index contributed by atoms with van der Waals surface area (Å²) in [6.07, 6.45) is 6.62. The third-order valence-electron chi connectivity index (χ3n) is 3.57. The Kier molecular flexibility index (Phi) is 4.02. The van der Waals surface area contributed by atoms with Crippen molar-refractivity contribution in [3.05, 3.63) is 63.4 Å². The Morgan fingerprint density at radius 3 is 2.38 bits per heavy atom. The Labute approximate surface area is 128 Å². The lowest BCUT2D eigenvalue weighted by Gasteiger charge is -2.16. The number of phenols is 1. The van der Waals surface area contributed by atoms with Gasteiger partial charge in [-0.25, -0.2) is 0 Å². The van der Waals surface area contributed by atoms with Crippen LogP contribution in [0.25, 0.3) is 12.2 Å². The van der Waals surface area contributed by atoms with Crippen molar-refractivity contribution in [1.82, 2.24) is 0 Å². The van der Waals surface area contributed by atoms with E-state index >= 15 is 0 Å². The van der Waals surface area contributed by atoms with Gasteiger partial charge in [0, 0.05) is 16.0 Å². The molecule has 0 atom stereocenters. The fraction of sp³-hybridized carbons (Fsp3) is 0.167. The number of aromatic hydroxyl groups is 1. The summed E-state index contributed by atoms with van der Waals surface area (Å²) in [5.74, 6) is 0.396. The van der Waals surface area contributed by atoms with Crippen LogP contribution in [0.15, 0.2) is 52.9 Å². The normalized spacial score (nSPS) is 19.3. The first-order valence-corrected chi connectivity index (χ1v) is 7.89. The molecule has 0 radical (unpaired) electrons. The van der Waals surface area contributed by atoms with Crippen LogP contribution in [0.1, 0.15) is 29.7 Å². The van der Waals surface area contributed by atoms with Crippen molar-refractivity contribution in [2.45, 2.75) is 19.3 Å². The molecule has 1 saturated carbocycles. The average molecular weight is 296 g/mol. The molecule has 1 aliphatic carbocycles. The van der Waals surface area contributed by atoms with Crippen molar-refractivity contribution in [3.63, 3.8) is 0 Å². The summed E-state index contributed by atoms with van der Waals surface area (Å²) in [6, 6.07) is 11.0. The second-order valence-corrected chi connectivity index (χ2v) is 6.11. The predicted octanol–water partition coefficient (Wildman–Crippen LogP) is 4.67. The van der Waals surface area contributed by atoms with Crippen LogP contribution in [0.2, 0.25) is 0 Å². The standard InChI is InChI=1S/C18H16O2S/c19-16-8-6-13(7-9-16)11-14-3-1-4-15(18(14)20)12-17-5-2-10-21-17/h2,5-12,19H,1,3-4H2/b14-11+,15-12-. The van der Waals surface area contributed by atoms with E-state index in [0.29, 0.717) is 0 Å². The van der Waals surface area contributed by atoms with Crippen LogP contribution in [0.4, 0.5) is 0 Å². The SMILES string of the molecule is O=C1/C(=C\c2cccs2)CCC/C1=C\c1ccc(O)cc1. The third-order valence-corrected chi connectivity index (χ3v) is 4.39. The molecular weight excluding hydrogens is 280 g/mol. The fourth-order valence-corrected chi connectivity index (χ4v) is 3.18. The van der Waals surface area contributed by atoms with Gasteiger partial charge in [-0.1, -0.05) is 18.2 Å². The lowest BCUT2D eigenvalue weighted by Crippen LogP contribution is -2.12. The first-order valence-electron chi connectivity index (χ1n) is 7.01. The van der Waals surface area contributed by atoms with E-state index in [4.69, 9.17) is 0 Å². The Balaban J connectivity index is 1.86. The summed E-state index contributed by atoms with van der Waals surface area (Å²) < 4.78 is 0. The van der Waals surface area contributed by atoms with Crippen LogP contribution in [0, 0.1) is 0 Å². The molecule has 0 amide bonds. The predicted molar refractivity (Wildman–Crippen MR) is 87.2 cm³/mol. The maximum atomic E-state index is 12.5. The van der Waals surface area contributed by atoms with Crippen LogP contribution in [0.5, 0.6) is 5.75 Å². The highest BCUT2D eigenvalue weighted by molar-refractivity contribution is 7.10. The van der Waals surface area contributed by atoms with Crippen molar-refractivity contribution in [3.8, 4) is 5.75 Å². The van der Waals surface area contributed by atoms with Crippen molar-refractivity contribution in [2.75, 3.05) is 0 Å². The number of phenolic OH excluding ortho intramolecular Hbond substituents is 1. The molecule has 106 valence electrons. The van der Waals surface area contributed by atoms with E-state index in [-0.39, 0.29) is 11.5 Å². The minimum atomic E-state index is 0.155. The molecule has 3 rings (SSSR count). The maximum Gasteiger partial charge on any atom is 0.185 e. The van der Waals surface area contributed by atoms with E-state index in [9.17, 15) is 9.90 Å². The lowest BCUT2D eigenvalue weighted by atomic mass is 9.87. The highest BCUT2D eigenvalue weighted by atomic mass is 32.1. The minimum Gasteiger partial charge on any atom is -0.508 e. The Morgan fingerprint density at radius 2 is 1.71 bits per heavy atom. The summed E-state index contributed by atoms with van der Waals surface area (Å²) in [5.41, 5.74) is 2.71. The Hall–Kier alpha value is -2.13. The molecule has 3 heteroatoms. The highest BCUT2D eigenvalue weighted by Gasteiger charge is 2.20. The molecule has 1 N–H and O–H groups in total. The molecule has 1 aromatic heterocycles. The van der Waals surface area contributed by atoms with E-state index in [1.165, 1.54) is 0 Å². The number of carbonyl (C=O) groups excluding carboxylic acids is 1. The molecule has 1 aliphatic rings. The summed E-state index contributed by atoms with van der Waals surface area (Å²) in [7, 11) is 0. The number of hydrogen-bond acceptors (Lipinski definition) is 3. The Morgan fingerprint density at radius 1 is 1.00 bits per heavy atom. The van der Waals surface area contributed by atoms with Crippen LogP contribution >= 0.6 is 11.3 Å². The zero-order chi connectivity index (χ0) is 14.7. The summed E-state index contributed by atoms with van der Waals surface area (Å²) in [6.45, 7) is 0. The molecule has 0 aliphatic heterocycles. The van der Waals surface area contributed by atoms with Gasteiger partial charge in [-0.05, 0) is 60.6 Å². The first kappa shape index (κ1) is 13.8. The van der Waals surface area contributed by atoms with E-state index < -0.39 is 0 Å². The summed E-state index contributed by atoms with van der Waals surface area (Å²) >= 11 is 1.65. The largest absolute Gasteiger partial charge is 0.508 e. The maximum absolute atomic E-state index is 12.5. The molecule has 0 unspecified atom stereocenters.